The smallest absolute Gasteiger partial charge is 0.440 e. The highest BCUT2D eigenvalue weighted by atomic mass is 16.7. The number of rotatable bonds is 4. The number of nitrogens with zero attached hydrogens (tertiary/aromatic N) is 3. The van der Waals surface area contributed by atoms with Crippen molar-refractivity contribution in [2.24, 2.45) is 0 Å². The van der Waals surface area contributed by atoms with E-state index in [1.54, 1.807) is 26.6 Å². The van der Waals surface area contributed by atoms with Crippen LogP contribution in [0.1, 0.15) is 0 Å². The summed E-state index contributed by atoms with van der Waals surface area (Å²) in [4.78, 5) is 20.0. The van der Waals surface area contributed by atoms with Gasteiger partial charge in [-0.2, -0.15) is 0 Å². The molecule has 122 valence electrons. The molecule has 0 aliphatic carbocycles. The zero-order valence-corrected chi connectivity index (χ0v) is 13.4. The van der Waals surface area contributed by atoms with Crippen molar-refractivity contribution in [3.05, 3.63) is 67.0 Å². The van der Waals surface area contributed by atoms with Crippen LogP contribution in [0.5, 0.6) is 5.75 Å². The number of methoxy groups -OCH3 is 1. The molecule has 0 fully saturated rings. The normalized spacial score (nSPS) is 10.2. The molecule has 3 rings (SSSR count). The number of para-hydroxylation sites is 1. The molecule has 1 amide bonds. The van der Waals surface area contributed by atoms with Gasteiger partial charge in [0.15, 0.2) is 0 Å². The molecule has 0 bridgehead atoms. The standard InChI is InChI=1S/C18H17N3O3/c1-20(16-6-4-3-5-7-16)18(22)24-21-13-15(12-19-21)14-8-10-17(23-2)11-9-14/h3-13H,1-2H3. The molecule has 0 unspecified atom stereocenters. The Morgan fingerprint density at radius 1 is 1.04 bits per heavy atom. The molecule has 0 radical (unpaired) electrons. The first kappa shape index (κ1) is 15.6. The van der Waals surface area contributed by atoms with E-state index in [0.29, 0.717) is 0 Å². The molecule has 1 aromatic heterocycles. The van der Waals surface area contributed by atoms with Gasteiger partial charge in [-0.3, -0.25) is 9.74 Å². The Hall–Kier alpha value is -3.28. The maximum atomic E-state index is 12.2. The number of ether oxygens (including phenoxy) is 1. The Morgan fingerprint density at radius 3 is 2.42 bits per heavy atom. The van der Waals surface area contributed by atoms with E-state index in [-0.39, 0.29) is 0 Å². The maximum absolute atomic E-state index is 12.2. The molecule has 0 aliphatic rings. The molecule has 6 nitrogen and oxygen atoms in total. The van der Waals surface area contributed by atoms with E-state index in [1.165, 1.54) is 4.90 Å². The number of hydrogen-bond donors (Lipinski definition) is 0. The van der Waals surface area contributed by atoms with E-state index in [9.17, 15) is 4.79 Å². The molecule has 2 aromatic carbocycles. The van der Waals surface area contributed by atoms with Gasteiger partial charge in [0.1, 0.15) is 5.75 Å². The van der Waals surface area contributed by atoms with Crippen molar-refractivity contribution in [2.75, 3.05) is 19.1 Å². The fourth-order valence-electron chi connectivity index (χ4n) is 2.19. The van der Waals surface area contributed by atoms with E-state index in [2.05, 4.69) is 5.10 Å². The largest absolute Gasteiger partial charge is 0.497 e. The third kappa shape index (κ3) is 3.38. The zero-order chi connectivity index (χ0) is 16.9. The van der Waals surface area contributed by atoms with Crippen molar-refractivity contribution >= 4 is 11.8 Å². The summed E-state index contributed by atoms with van der Waals surface area (Å²) < 4.78 is 5.14. The Labute approximate surface area is 139 Å². The van der Waals surface area contributed by atoms with Crippen LogP contribution in [0.2, 0.25) is 0 Å². The molecule has 0 saturated heterocycles. The lowest BCUT2D eigenvalue weighted by Gasteiger charge is -2.15. The number of hydrogen-bond acceptors (Lipinski definition) is 4. The summed E-state index contributed by atoms with van der Waals surface area (Å²) in [6.07, 6.45) is 2.77. The van der Waals surface area contributed by atoms with Crippen molar-refractivity contribution in [1.29, 1.82) is 0 Å². The van der Waals surface area contributed by atoms with Gasteiger partial charge in [0.05, 0.1) is 19.5 Å². The zero-order valence-electron chi connectivity index (χ0n) is 13.4. The second-order valence-corrected chi connectivity index (χ2v) is 5.11. The van der Waals surface area contributed by atoms with Crippen LogP contribution in [-0.4, -0.2) is 30.2 Å². The van der Waals surface area contributed by atoms with E-state index < -0.39 is 6.09 Å². The molecule has 1 heterocycles. The molecule has 3 aromatic rings. The minimum absolute atomic E-state index is 0.523. The van der Waals surface area contributed by atoms with Crippen LogP contribution in [0.3, 0.4) is 0 Å². The van der Waals surface area contributed by atoms with E-state index in [1.807, 2.05) is 54.6 Å². The van der Waals surface area contributed by atoms with Crippen LogP contribution in [0.4, 0.5) is 10.5 Å². The Kier molecular flexibility index (Phi) is 4.47. The summed E-state index contributed by atoms with van der Waals surface area (Å²) in [5.41, 5.74) is 2.53. The molecular weight excluding hydrogens is 306 g/mol. The molecule has 0 saturated carbocycles. The van der Waals surface area contributed by atoms with Crippen LogP contribution in [0.25, 0.3) is 11.1 Å². The summed E-state index contributed by atoms with van der Waals surface area (Å²) in [7, 11) is 3.27. The second-order valence-electron chi connectivity index (χ2n) is 5.11. The highest BCUT2D eigenvalue weighted by molar-refractivity contribution is 5.87. The van der Waals surface area contributed by atoms with Crippen molar-refractivity contribution in [3.8, 4) is 16.9 Å². The number of anilines is 1. The highest BCUT2D eigenvalue weighted by Gasteiger charge is 2.14. The maximum Gasteiger partial charge on any atom is 0.440 e. The van der Waals surface area contributed by atoms with E-state index in [0.717, 1.165) is 27.4 Å². The first-order chi connectivity index (χ1) is 11.7. The molecule has 6 heteroatoms. The highest BCUT2D eigenvalue weighted by Crippen LogP contribution is 2.21. The molecule has 0 spiro atoms. The fraction of sp³-hybridized carbons (Fsp3) is 0.111. The number of carbonyl (C=O) groups is 1. The Morgan fingerprint density at radius 2 is 1.75 bits per heavy atom. The van der Waals surface area contributed by atoms with Gasteiger partial charge in [-0.05, 0) is 29.8 Å². The van der Waals surface area contributed by atoms with Gasteiger partial charge in [-0.1, -0.05) is 35.2 Å². The van der Waals surface area contributed by atoms with Gasteiger partial charge in [-0.15, -0.1) is 5.10 Å². The van der Waals surface area contributed by atoms with Gasteiger partial charge in [0, 0.05) is 18.3 Å². The van der Waals surface area contributed by atoms with E-state index in [4.69, 9.17) is 9.57 Å². The summed E-state index contributed by atoms with van der Waals surface area (Å²) in [6, 6.07) is 16.8. The van der Waals surface area contributed by atoms with Gasteiger partial charge < -0.3 is 4.74 Å². The van der Waals surface area contributed by atoms with Crippen molar-refractivity contribution in [1.82, 2.24) is 9.94 Å². The Bertz CT molecular complexity index is 813. The van der Waals surface area contributed by atoms with Crippen LogP contribution in [0, 0.1) is 0 Å². The lowest BCUT2D eigenvalue weighted by atomic mass is 10.1. The van der Waals surface area contributed by atoms with Crippen molar-refractivity contribution < 1.29 is 14.4 Å². The van der Waals surface area contributed by atoms with E-state index >= 15 is 0 Å². The van der Waals surface area contributed by atoms with Crippen molar-refractivity contribution in [2.45, 2.75) is 0 Å². The summed E-state index contributed by atoms with van der Waals surface area (Å²) in [5, 5.41) is 4.07. The lowest BCUT2D eigenvalue weighted by Crippen LogP contribution is -2.34. The third-order valence-corrected chi connectivity index (χ3v) is 3.57. The number of carbonyl (C=O) groups excluding carboxylic acids is 1. The van der Waals surface area contributed by atoms with Crippen LogP contribution in [-0.2, 0) is 0 Å². The van der Waals surface area contributed by atoms with Crippen LogP contribution < -0.4 is 14.5 Å². The summed E-state index contributed by atoms with van der Waals surface area (Å²) >= 11 is 0. The monoisotopic (exact) mass is 323 g/mol. The first-order valence-corrected chi connectivity index (χ1v) is 7.37. The molecule has 0 atom stereocenters. The molecule has 24 heavy (non-hydrogen) atoms. The SMILES string of the molecule is COc1ccc(-c2cnn(OC(=O)N(C)c3ccccc3)c2)cc1. The quantitative estimate of drug-likeness (QED) is 0.739. The average Bonchev–Trinajstić information content (AvgIpc) is 3.10. The van der Waals surface area contributed by atoms with Crippen molar-refractivity contribution in [3.63, 3.8) is 0 Å². The lowest BCUT2D eigenvalue weighted by molar-refractivity contribution is 0.124. The van der Waals surface area contributed by atoms with Gasteiger partial charge >= 0.3 is 6.09 Å². The topological polar surface area (TPSA) is 56.6 Å². The molecule has 0 aliphatic heterocycles. The second kappa shape index (κ2) is 6.87. The predicted octanol–water partition coefficient (Wildman–Crippen LogP) is 3.24. The predicted molar refractivity (Wildman–Crippen MR) is 91.0 cm³/mol. The third-order valence-electron chi connectivity index (χ3n) is 3.57. The number of amides is 1. The minimum Gasteiger partial charge on any atom is -0.497 e. The minimum atomic E-state index is -0.523. The van der Waals surface area contributed by atoms with Gasteiger partial charge in [0.2, 0.25) is 0 Å². The fourth-order valence-corrected chi connectivity index (χ4v) is 2.19. The summed E-state index contributed by atoms with van der Waals surface area (Å²) in [6.45, 7) is 0. The number of aromatic nitrogens is 2. The van der Waals surface area contributed by atoms with Gasteiger partial charge in [-0.25, -0.2) is 4.79 Å². The number of benzene rings is 2. The average molecular weight is 323 g/mol. The van der Waals surface area contributed by atoms with Crippen LogP contribution in [0.15, 0.2) is 67.0 Å². The summed E-state index contributed by atoms with van der Waals surface area (Å²) in [5.74, 6) is 0.780. The Balaban J connectivity index is 1.70. The van der Waals surface area contributed by atoms with Gasteiger partial charge in [0.25, 0.3) is 0 Å². The van der Waals surface area contributed by atoms with Crippen LogP contribution >= 0.6 is 0 Å². The molecular formula is C18H17N3O3. The molecule has 0 N–H and O–H groups in total. The first-order valence-electron chi connectivity index (χ1n) is 7.37.